The van der Waals surface area contributed by atoms with Crippen LogP contribution in [-0.2, 0) is 4.74 Å². The average Bonchev–Trinajstić information content (AvgIpc) is 3.34. The Balaban J connectivity index is 0.00000312. The molecule has 0 unspecified atom stereocenters. The van der Waals surface area contributed by atoms with Crippen LogP contribution in [0.3, 0.4) is 0 Å². The number of ether oxygens (including phenoxy) is 1. The lowest BCUT2D eigenvalue weighted by Gasteiger charge is -2.30. The van der Waals surface area contributed by atoms with Gasteiger partial charge in [0.15, 0.2) is 5.96 Å². The number of guanidine groups is 1. The molecule has 2 saturated carbocycles. The van der Waals surface area contributed by atoms with Gasteiger partial charge in [0.05, 0.1) is 0 Å². The van der Waals surface area contributed by atoms with Crippen molar-refractivity contribution in [1.82, 2.24) is 15.5 Å². The van der Waals surface area contributed by atoms with Gasteiger partial charge in [0.25, 0.3) is 0 Å². The van der Waals surface area contributed by atoms with Crippen molar-refractivity contribution in [2.24, 2.45) is 10.4 Å². The van der Waals surface area contributed by atoms with Gasteiger partial charge in [-0.05, 0) is 51.0 Å². The van der Waals surface area contributed by atoms with Crippen LogP contribution in [0.25, 0.3) is 0 Å². The lowest BCUT2D eigenvalue weighted by atomic mass is 9.83. The van der Waals surface area contributed by atoms with Crippen LogP contribution in [0.1, 0.15) is 58.8 Å². The standard InChI is InChI=1S/C19H38N4O.HI/c1-4-23(17-8-9-17)14-13-21-18(20-3)22-16-19(10-6-7-11-19)12-15-24-5-2;/h17H,4-16H2,1-3H3,(H2,20,21,22);1H. The highest BCUT2D eigenvalue weighted by Gasteiger charge is 2.33. The molecule has 2 aliphatic carbocycles. The van der Waals surface area contributed by atoms with E-state index in [1.165, 1.54) is 38.5 Å². The Bertz CT molecular complexity index is 382. The summed E-state index contributed by atoms with van der Waals surface area (Å²) < 4.78 is 5.61. The minimum atomic E-state index is 0. The predicted octanol–water partition coefficient (Wildman–Crippen LogP) is 3.24. The zero-order chi connectivity index (χ0) is 17.3. The summed E-state index contributed by atoms with van der Waals surface area (Å²) in [6, 6.07) is 0.840. The van der Waals surface area contributed by atoms with Crippen LogP contribution in [0, 0.1) is 5.41 Å². The van der Waals surface area contributed by atoms with Crippen molar-refractivity contribution in [3.8, 4) is 0 Å². The summed E-state index contributed by atoms with van der Waals surface area (Å²) in [5, 5.41) is 7.07. The normalized spacial score (nSPS) is 19.8. The summed E-state index contributed by atoms with van der Waals surface area (Å²) in [7, 11) is 1.87. The number of aliphatic imine (C=N–C) groups is 1. The Kier molecular flexibility index (Phi) is 11.3. The maximum absolute atomic E-state index is 5.61. The minimum absolute atomic E-state index is 0. The highest BCUT2D eigenvalue weighted by molar-refractivity contribution is 14.0. The van der Waals surface area contributed by atoms with E-state index in [1.54, 1.807) is 0 Å². The van der Waals surface area contributed by atoms with E-state index < -0.39 is 0 Å². The minimum Gasteiger partial charge on any atom is -0.382 e. The van der Waals surface area contributed by atoms with Gasteiger partial charge in [-0.2, -0.15) is 0 Å². The third-order valence-corrected chi connectivity index (χ3v) is 5.66. The zero-order valence-electron chi connectivity index (χ0n) is 16.5. The van der Waals surface area contributed by atoms with Crippen LogP contribution in [0.4, 0.5) is 0 Å². The maximum Gasteiger partial charge on any atom is 0.191 e. The van der Waals surface area contributed by atoms with Crippen molar-refractivity contribution in [2.45, 2.75) is 64.8 Å². The average molecular weight is 466 g/mol. The Labute approximate surface area is 171 Å². The topological polar surface area (TPSA) is 48.9 Å². The first-order chi connectivity index (χ1) is 11.7. The van der Waals surface area contributed by atoms with E-state index in [-0.39, 0.29) is 24.0 Å². The van der Waals surface area contributed by atoms with E-state index in [0.29, 0.717) is 5.41 Å². The van der Waals surface area contributed by atoms with Gasteiger partial charge in [0.1, 0.15) is 0 Å². The smallest absolute Gasteiger partial charge is 0.191 e. The second kappa shape index (κ2) is 12.3. The van der Waals surface area contributed by atoms with Gasteiger partial charge < -0.3 is 15.4 Å². The number of halogens is 1. The number of hydrogen-bond donors (Lipinski definition) is 2. The molecule has 0 spiro atoms. The Morgan fingerprint density at radius 1 is 1.20 bits per heavy atom. The summed E-state index contributed by atoms with van der Waals surface area (Å²) in [6.45, 7) is 10.3. The largest absolute Gasteiger partial charge is 0.382 e. The molecule has 0 amide bonds. The van der Waals surface area contributed by atoms with Gasteiger partial charge in [-0.15, -0.1) is 24.0 Å². The molecule has 0 aromatic heterocycles. The SMILES string of the molecule is CCOCCC1(CNC(=NC)NCCN(CC)C2CC2)CCCC1.I. The molecule has 2 N–H and O–H groups in total. The molecule has 0 heterocycles. The van der Waals surface area contributed by atoms with Crippen LogP contribution in [0.5, 0.6) is 0 Å². The highest BCUT2D eigenvalue weighted by Crippen LogP contribution is 2.40. The van der Waals surface area contributed by atoms with E-state index in [1.807, 2.05) is 7.05 Å². The molecule has 0 saturated heterocycles. The van der Waals surface area contributed by atoms with Crippen LogP contribution in [0.2, 0.25) is 0 Å². The van der Waals surface area contributed by atoms with E-state index in [4.69, 9.17) is 4.74 Å². The van der Waals surface area contributed by atoms with Crippen LogP contribution in [-0.4, -0.2) is 63.3 Å². The summed E-state index contributed by atoms with van der Waals surface area (Å²) in [4.78, 5) is 6.97. The Morgan fingerprint density at radius 3 is 2.48 bits per heavy atom. The molecule has 2 fully saturated rings. The van der Waals surface area contributed by atoms with Gasteiger partial charge in [0, 0.05) is 45.9 Å². The predicted molar refractivity (Wildman–Crippen MR) is 117 cm³/mol. The molecule has 25 heavy (non-hydrogen) atoms. The van der Waals surface area contributed by atoms with E-state index >= 15 is 0 Å². The lowest BCUT2D eigenvalue weighted by molar-refractivity contribution is 0.105. The van der Waals surface area contributed by atoms with Crippen LogP contribution >= 0.6 is 24.0 Å². The third-order valence-electron chi connectivity index (χ3n) is 5.66. The van der Waals surface area contributed by atoms with E-state index in [0.717, 1.165) is 57.8 Å². The first kappa shape index (κ1) is 23.0. The number of nitrogens with zero attached hydrogens (tertiary/aromatic N) is 2. The van der Waals surface area contributed by atoms with Crippen molar-refractivity contribution in [2.75, 3.05) is 46.4 Å². The molecule has 0 aliphatic heterocycles. The monoisotopic (exact) mass is 466 g/mol. The molecule has 0 radical (unpaired) electrons. The van der Waals surface area contributed by atoms with Crippen molar-refractivity contribution in [3.63, 3.8) is 0 Å². The van der Waals surface area contributed by atoms with Gasteiger partial charge in [0.2, 0.25) is 0 Å². The first-order valence-corrected chi connectivity index (χ1v) is 9.99. The van der Waals surface area contributed by atoms with Crippen molar-refractivity contribution in [3.05, 3.63) is 0 Å². The Morgan fingerprint density at radius 2 is 1.92 bits per heavy atom. The van der Waals surface area contributed by atoms with Gasteiger partial charge in [-0.25, -0.2) is 0 Å². The Hall–Kier alpha value is -0.0800. The fourth-order valence-corrected chi connectivity index (χ4v) is 3.92. The molecule has 6 heteroatoms. The number of nitrogens with one attached hydrogen (secondary N) is 2. The van der Waals surface area contributed by atoms with Crippen LogP contribution in [0.15, 0.2) is 4.99 Å². The molecule has 0 aromatic carbocycles. The number of hydrogen-bond acceptors (Lipinski definition) is 3. The fraction of sp³-hybridized carbons (Fsp3) is 0.947. The quantitative estimate of drug-likeness (QED) is 0.213. The number of rotatable bonds is 11. The zero-order valence-corrected chi connectivity index (χ0v) is 18.8. The maximum atomic E-state index is 5.61. The van der Waals surface area contributed by atoms with Gasteiger partial charge >= 0.3 is 0 Å². The molecule has 0 atom stereocenters. The number of likely N-dealkylation sites (N-methyl/N-ethyl adjacent to an activating group) is 1. The fourth-order valence-electron chi connectivity index (χ4n) is 3.92. The lowest BCUT2D eigenvalue weighted by Crippen LogP contribution is -2.45. The van der Waals surface area contributed by atoms with E-state index in [9.17, 15) is 0 Å². The second-order valence-electron chi connectivity index (χ2n) is 7.37. The van der Waals surface area contributed by atoms with Gasteiger partial charge in [-0.1, -0.05) is 19.8 Å². The third kappa shape index (κ3) is 7.99. The summed E-state index contributed by atoms with van der Waals surface area (Å²) in [5.74, 6) is 0.949. The molecule has 148 valence electrons. The highest BCUT2D eigenvalue weighted by atomic mass is 127. The molecular weight excluding hydrogens is 427 g/mol. The molecule has 2 aliphatic rings. The molecule has 5 nitrogen and oxygen atoms in total. The molecule has 0 aromatic rings. The summed E-state index contributed by atoms with van der Waals surface area (Å²) in [5.41, 5.74) is 0.399. The van der Waals surface area contributed by atoms with Crippen molar-refractivity contribution < 1.29 is 4.74 Å². The first-order valence-electron chi connectivity index (χ1n) is 9.99. The van der Waals surface area contributed by atoms with Crippen LogP contribution < -0.4 is 10.6 Å². The molecule has 0 bridgehead atoms. The molecule has 2 rings (SSSR count). The second-order valence-corrected chi connectivity index (χ2v) is 7.37. The summed E-state index contributed by atoms with van der Waals surface area (Å²) >= 11 is 0. The van der Waals surface area contributed by atoms with Crippen molar-refractivity contribution in [1.29, 1.82) is 0 Å². The van der Waals surface area contributed by atoms with Gasteiger partial charge in [-0.3, -0.25) is 9.89 Å². The summed E-state index contributed by atoms with van der Waals surface area (Å²) in [6.07, 6.45) is 9.26. The van der Waals surface area contributed by atoms with E-state index in [2.05, 4.69) is 34.4 Å². The van der Waals surface area contributed by atoms with Crippen molar-refractivity contribution >= 4 is 29.9 Å². The molecular formula is C19H39IN4O.